The summed E-state index contributed by atoms with van der Waals surface area (Å²) in [7, 11) is 0. The average Bonchev–Trinajstić information content (AvgIpc) is 3.07. The Morgan fingerprint density at radius 1 is 1.12 bits per heavy atom. The first-order chi connectivity index (χ1) is 15.5. The smallest absolute Gasteiger partial charge is 0.253 e. The van der Waals surface area contributed by atoms with Crippen molar-refractivity contribution in [3.05, 3.63) is 59.9 Å². The molecule has 0 spiro atoms. The summed E-state index contributed by atoms with van der Waals surface area (Å²) in [6.07, 6.45) is 1.42. The summed E-state index contributed by atoms with van der Waals surface area (Å²) in [5, 5.41) is 3.30. The molecule has 3 amide bonds. The lowest BCUT2D eigenvalue weighted by atomic mass is 10.0. The van der Waals surface area contributed by atoms with Crippen LogP contribution in [0.15, 0.2) is 48.5 Å². The van der Waals surface area contributed by atoms with Crippen LogP contribution in [0.25, 0.3) is 0 Å². The number of hydrogen-bond donors (Lipinski definition) is 1. The van der Waals surface area contributed by atoms with E-state index in [4.69, 9.17) is 4.74 Å². The Kier molecular flexibility index (Phi) is 6.50. The van der Waals surface area contributed by atoms with E-state index < -0.39 is 11.9 Å². The maximum atomic E-state index is 13.4. The molecule has 0 unspecified atom stereocenters. The van der Waals surface area contributed by atoms with Gasteiger partial charge >= 0.3 is 0 Å². The Hall–Kier alpha value is -3.26. The molecule has 2 saturated heterocycles. The van der Waals surface area contributed by atoms with E-state index in [1.54, 1.807) is 35.2 Å². The largest absolute Gasteiger partial charge is 0.494 e. The van der Waals surface area contributed by atoms with Crippen molar-refractivity contribution in [3.8, 4) is 5.75 Å². The highest BCUT2D eigenvalue weighted by molar-refractivity contribution is 6.22. The number of benzene rings is 2. The summed E-state index contributed by atoms with van der Waals surface area (Å²) in [4.78, 5) is 40.9. The third-order valence-electron chi connectivity index (χ3n) is 5.84. The van der Waals surface area contributed by atoms with Gasteiger partial charge in [-0.25, -0.2) is 9.29 Å². The molecule has 2 aromatic rings. The highest BCUT2D eigenvalue weighted by Gasteiger charge is 2.40. The van der Waals surface area contributed by atoms with E-state index in [1.807, 2.05) is 6.92 Å². The van der Waals surface area contributed by atoms with Crippen molar-refractivity contribution in [2.24, 2.45) is 0 Å². The average molecular weight is 439 g/mol. The van der Waals surface area contributed by atoms with Gasteiger partial charge in [-0.3, -0.25) is 14.4 Å². The second-order valence-electron chi connectivity index (χ2n) is 7.99. The van der Waals surface area contributed by atoms with E-state index in [0.29, 0.717) is 49.5 Å². The molecule has 0 aromatic heterocycles. The Morgan fingerprint density at radius 3 is 2.50 bits per heavy atom. The van der Waals surface area contributed by atoms with Gasteiger partial charge in [0.15, 0.2) is 0 Å². The summed E-state index contributed by atoms with van der Waals surface area (Å²) in [5.41, 5.74) is 0.863. The molecule has 4 rings (SSSR count). The molecule has 0 aliphatic carbocycles. The van der Waals surface area contributed by atoms with Crippen molar-refractivity contribution in [1.29, 1.82) is 0 Å². The second kappa shape index (κ2) is 9.48. The molecule has 2 aliphatic heterocycles. The molecule has 2 heterocycles. The first-order valence-electron chi connectivity index (χ1n) is 10.9. The van der Waals surface area contributed by atoms with Gasteiger partial charge in [-0.05, 0) is 62.2 Å². The SMILES string of the molecule is CCOc1ccc(N2C(=O)C[C@H](NC3CCN(C(=O)c4cccc(F)c4)CC3)C2=O)cc1. The van der Waals surface area contributed by atoms with Crippen LogP contribution in [0.4, 0.5) is 10.1 Å². The van der Waals surface area contributed by atoms with Gasteiger partial charge in [0.1, 0.15) is 11.6 Å². The zero-order valence-corrected chi connectivity index (χ0v) is 17.9. The molecular formula is C24H26FN3O4. The standard InChI is InChI=1S/C24H26FN3O4/c1-2-32-20-8-6-19(7-9-20)28-22(29)15-21(24(28)31)26-18-10-12-27(13-11-18)23(30)16-4-3-5-17(25)14-16/h3-9,14,18,21,26H,2,10-13,15H2,1H3/t21-/m0/s1. The van der Waals surface area contributed by atoms with Gasteiger partial charge in [-0.15, -0.1) is 0 Å². The Balaban J connectivity index is 1.33. The topological polar surface area (TPSA) is 79.0 Å². The highest BCUT2D eigenvalue weighted by Crippen LogP contribution is 2.26. The summed E-state index contributed by atoms with van der Waals surface area (Å²) in [6, 6.07) is 12.0. The van der Waals surface area contributed by atoms with Crippen molar-refractivity contribution in [2.75, 3.05) is 24.6 Å². The number of rotatable bonds is 6. The van der Waals surface area contributed by atoms with E-state index in [2.05, 4.69) is 5.32 Å². The van der Waals surface area contributed by atoms with E-state index in [-0.39, 0.29) is 30.2 Å². The van der Waals surface area contributed by atoms with Crippen LogP contribution in [0.2, 0.25) is 0 Å². The lowest BCUT2D eigenvalue weighted by Crippen LogP contribution is -2.49. The molecule has 32 heavy (non-hydrogen) atoms. The minimum atomic E-state index is -0.579. The van der Waals surface area contributed by atoms with Crippen molar-refractivity contribution in [1.82, 2.24) is 10.2 Å². The number of hydrogen-bond acceptors (Lipinski definition) is 5. The number of nitrogens with one attached hydrogen (secondary N) is 1. The van der Waals surface area contributed by atoms with Crippen LogP contribution in [0.3, 0.4) is 0 Å². The fourth-order valence-electron chi connectivity index (χ4n) is 4.23. The Bertz CT molecular complexity index is 1000. The number of amides is 3. The number of carbonyl (C=O) groups excluding carboxylic acids is 3. The summed E-state index contributed by atoms with van der Waals surface area (Å²) in [6.45, 7) is 3.44. The molecule has 2 aliphatic rings. The van der Waals surface area contributed by atoms with Crippen LogP contribution in [-0.2, 0) is 9.59 Å². The molecule has 0 saturated carbocycles. The number of imide groups is 1. The first kappa shape index (κ1) is 22.0. The fraction of sp³-hybridized carbons (Fsp3) is 0.375. The third kappa shape index (κ3) is 4.65. The quantitative estimate of drug-likeness (QED) is 0.701. The first-order valence-corrected chi connectivity index (χ1v) is 10.9. The highest BCUT2D eigenvalue weighted by atomic mass is 19.1. The Morgan fingerprint density at radius 2 is 1.84 bits per heavy atom. The molecule has 7 nitrogen and oxygen atoms in total. The molecule has 2 fully saturated rings. The van der Waals surface area contributed by atoms with Gasteiger partial charge in [0, 0.05) is 24.7 Å². The van der Waals surface area contributed by atoms with Gasteiger partial charge in [0.2, 0.25) is 5.91 Å². The fourth-order valence-corrected chi connectivity index (χ4v) is 4.23. The van der Waals surface area contributed by atoms with Gasteiger partial charge in [-0.1, -0.05) is 6.07 Å². The van der Waals surface area contributed by atoms with Crippen LogP contribution in [-0.4, -0.2) is 54.4 Å². The summed E-state index contributed by atoms with van der Waals surface area (Å²) in [5.74, 6) is -0.456. The van der Waals surface area contributed by atoms with E-state index >= 15 is 0 Å². The maximum absolute atomic E-state index is 13.4. The van der Waals surface area contributed by atoms with Crippen molar-refractivity contribution in [2.45, 2.75) is 38.3 Å². The molecular weight excluding hydrogens is 413 g/mol. The van der Waals surface area contributed by atoms with Gasteiger partial charge in [0.25, 0.3) is 11.8 Å². The number of anilines is 1. The zero-order chi connectivity index (χ0) is 22.7. The van der Waals surface area contributed by atoms with Crippen molar-refractivity contribution >= 4 is 23.4 Å². The molecule has 0 radical (unpaired) electrons. The van der Waals surface area contributed by atoms with Crippen LogP contribution in [0.1, 0.15) is 36.5 Å². The van der Waals surface area contributed by atoms with Crippen LogP contribution in [0.5, 0.6) is 5.75 Å². The number of halogens is 1. The predicted octanol–water partition coefficient (Wildman–Crippen LogP) is 2.75. The molecule has 8 heteroatoms. The monoisotopic (exact) mass is 439 g/mol. The maximum Gasteiger partial charge on any atom is 0.253 e. The number of nitrogens with zero attached hydrogens (tertiary/aromatic N) is 2. The second-order valence-corrected chi connectivity index (χ2v) is 7.99. The molecule has 2 aromatic carbocycles. The normalized spacial score (nSPS) is 19.5. The molecule has 0 bridgehead atoms. The number of carbonyl (C=O) groups is 3. The lowest BCUT2D eigenvalue weighted by Gasteiger charge is -2.33. The van der Waals surface area contributed by atoms with Crippen LogP contribution >= 0.6 is 0 Å². The van der Waals surface area contributed by atoms with Crippen molar-refractivity contribution in [3.63, 3.8) is 0 Å². The zero-order valence-electron chi connectivity index (χ0n) is 17.9. The molecule has 168 valence electrons. The molecule has 1 N–H and O–H groups in total. The van der Waals surface area contributed by atoms with E-state index in [9.17, 15) is 18.8 Å². The van der Waals surface area contributed by atoms with E-state index in [0.717, 1.165) is 0 Å². The minimum absolute atomic E-state index is 0.0218. The van der Waals surface area contributed by atoms with E-state index in [1.165, 1.54) is 23.1 Å². The number of ether oxygens (including phenoxy) is 1. The van der Waals surface area contributed by atoms with Gasteiger partial charge in [-0.2, -0.15) is 0 Å². The summed E-state index contributed by atoms with van der Waals surface area (Å²) >= 11 is 0. The Labute approximate surface area is 186 Å². The van der Waals surface area contributed by atoms with Crippen molar-refractivity contribution < 1.29 is 23.5 Å². The summed E-state index contributed by atoms with van der Waals surface area (Å²) < 4.78 is 18.8. The van der Waals surface area contributed by atoms with Gasteiger partial charge < -0.3 is 15.0 Å². The molecule has 1 atom stereocenters. The third-order valence-corrected chi connectivity index (χ3v) is 5.84. The van der Waals surface area contributed by atoms with Crippen LogP contribution < -0.4 is 15.0 Å². The lowest BCUT2D eigenvalue weighted by molar-refractivity contribution is -0.121. The number of likely N-dealkylation sites (tertiary alicyclic amines) is 1. The van der Waals surface area contributed by atoms with Crippen LogP contribution in [0, 0.1) is 5.82 Å². The minimum Gasteiger partial charge on any atom is -0.494 e. The number of piperidine rings is 1. The van der Waals surface area contributed by atoms with Gasteiger partial charge in [0.05, 0.1) is 24.8 Å². The predicted molar refractivity (Wildman–Crippen MR) is 117 cm³/mol.